The molecule has 0 aromatic carbocycles. The summed E-state index contributed by atoms with van der Waals surface area (Å²) >= 11 is 0. The first-order valence-corrected chi connectivity index (χ1v) is 5.44. The number of rotatable bonds is 10. The maximum absolute atomic E-state index is 10.7. The van der Waals surface area contributed by atoms with E-state index in [-0.39, 0.29) is 5.97 Å². The van der Waals surface area contributed by atoms with Crippen LogP contribution in [0.1, 0.15) is 25.7 Å². The van der Waals surface area contributed by atoms with Crippen LogP contribution in [0, 0.1) is 0 Å². The first kappa shape index (κ1) is 14.5. The van der Waals surface area contributed by atoms with Crippen molar-refractivity contribution in [2.45, 2.75) is 25.7 Å². The Labute approximate surface area is 97.4 Å². The van der Waals surface area contributed by atoms with Crippen molar-refractivity contribution in [1.29, 1.82) is 0 Å². The van der Waals surface area contributed by atoms with Crippen LogP contribution >= 0.6 is 0 Å². The van der Waals surface area contributed by atoms with Gasteiger partial charge in [0.05, 0.1) is 13.2 Å². The van der Waals surface area contributed by atoms with E-state index in [1.807, 2.05) is 0 Å². The van der Waals surface area contributed by atoms with E-state index in [1.165, 1.54) is 6.08 Å². The third-order valence-electron chi connectivity index (χ3n) is 1.96. The molecule has 0 unspecified atom stereocenters. The van der Waals surface area contributed by atoms with Gasteiger partial charge in [-0.2, -0.15) is 0 Å². The van der Waals surface area contributed by atoms with Crippen molar-refractivity contribution in [3.63, 3.8) is 0 Å². The third kappa shape index (κ3) is 9.06. The quantitative estimate of drug-likeness (QED) is 0.188. The molecular formula is C13H20O3. The van der Waals surface area contributed by atoms with E-state index in [0.717, 1.165) is 25.7 Å². The standard InChI is InChI=1S/C13H20O3/c1-4-12(3)15-10-8-6-7-9-11-16-13(14)5-2/h4-5H,1-3,6-11H2. The van der Waals surface area contributed by atoms with Crippen LogP contribution in [0.25, 0.3) is 0 Å². The molecule has 0 rings (SSSR count). The molecule has 0 aromatic rings. The van der Waals surface area contributed by atoms with Gasteiger partial charge < -0.3 is 9.47 Å². The van der Waals surface area contributed by atoms with Crippen molar-refractivity contribution in [3.8, 4) is 0 Å². The van der Waals surface area contributed by atoms with Crippen LogP contribution in [0.2, 0.25) is 0 Å². The fraction of sp³-hybridized carbons (Fsp3) is 0.462. The highest BCUT2D eigenvalue weighted by atomic mass is 16.5. The highest BCUT2D eigenvalue weighted by Crippen LogP contribution is 2.03. The van der Waals surface area contributed by atoms with Crippen molar-refractivity contribution in [1.82, 2.24) is 0 Å². The number of allylic oxidation sites excluding steroid dienone is 1. The molecule has 0 aromatic heterocycles. The van der Waals surface area contributed by atoms with Crippen LogP contribution in [-0.2, 0) is 14.3 Å². The molecule has 0 aliphatic rings. The Kier molecular flexibility index (Phi) is 9.08. The van der Waals surface area contributed by atoms with Gasteiger partial charge in [0.25, 0.3) is 0 Å². The van der Waals surface area contributed by atoms with E-state index in [2.05, 4.69) is 19.7 Å². The average Bonchev–Trinajstić information content (AvgIpc) is 2.31. The van der Waals surface area contributed by atoms with Crippen LogP contribution < -0.4 is 0 Å². The molecule has 0 saturated carbocycles. The SMILES string of the molecule is C=CC(=C)OCCCCCCOC(=O)C=C. The molecule has 90 valence electrons. The van der Waals surface area contributed by atoms with Crippen LogP contribution in [0.3, 0.4) is 0 Å². The van der Waals surface area contributed by atoms with Gasteiger partial charge in [0.15, 0.2) is 0 Å². The van der Waals surface area contributed by atoms with Gasteiger partial charge in [0.2, 0.25) is 0 Å². The summed E-state index contributed by atoms with van der Waals surface area (Å²) in [5.41, 5.74) is 0. The molecule has 0 fully saturated rings. The molecule has 0 saturated heterocycles. The summed E-state index contributed by atoms with van der Waals surface area (Å²) in [6.07, 6.45) is 6.69. The Hall–Kier alpha value is -1.51. The van der Waals surface area contributed by atoms with E-state index in [0.29, 0.717) is 19.0 Å². The molecular weight excluding hydrogens is 204 g/mol. The molecule has 0 radical (unpaired) electrons. The molecule has 0 atom stereocenters. The Bertz CT molecular complexity index is 218. The van der Waals surface area contributed by atoms with Gasteiger partial charge >= 0.3 is 5.97 Å². The van der Waals surface area contributed by atoms with Gasteiger partial charge in [-0.25, -0.2) is 4.79 Å². The zero-order chi connectivity index (χ0) is 12.2. The largest absolute Gasteiger partial charge is 0.494 e. The number of carbonyl (C=O) groups excluding carboxylic acids is 1. The van der Waals surface area contributed by atoms with Crippen molar-refractivity contribution in [2.24, 2.45) is 0 Å². The van der Waals surface area contributed by atoms with Crippen LogP contribution in [0.15, 0.2) is 37.6 Å². The zero-order valence-corrected chi connectivity index (χ0v) is 9.74. The number of carbonyl (C=O) groups is 1. The molecule has 0 amide bonds. The lowest BCUT2D eigenvalue weighted by Gasteiger charge is -2.05. The number of hydrogen-bond donors (Lipinski definition) is 0. The Morgan fingerprint density at radius 1 is 0.938 bits per heavy atom. The first-order valence-electron chi connectivity index (χ1n) is 5.44. The van der Waals surface area contributed by atoms with E-state index >= 15 is 0 Å². The zero-order valence-electron chi connectivity index (χ0n) is 9.74. The minimum absolute atomic E-state index is 0.356. The van der Waals surface area contributed by atoms with Gasteiger partial charge in [-0.3, -0.25) is 0 Å². The summed E-state index contributed by atoms with van der Waals surface area (Å²) in [7, 11) is 0. The summed E-state index contributed by atoms with van der Waals surface area (Å²) in [5, 5.41) is 0. The fourth-order valence-electron chi connectivity index (χ4n) is 1.05. The van der Waals surface area contributed by atoms with Gasteiger partial charge in [-0.05, 0) is 31.8 Å². The lowest BCUT2D eigenvalue weighted by molar-refractivity contribution is -0.137. The van der Waals surface area contributed by atoms with Crippen LogP contribution in [0.4, 0.5) is 0 Å². The molecule has 0 aliphatic heterocycles. The maximum Gasteiger partial charge on any atom is 0.330 e. The fourth-order valence-corrected chi connectivity index (χ4v) is 1.05. The van der Waals surface area contributed by atoms with Crippen LogP contribution in [-0.4, -0.2) is 19.2 Å². The summed E-state index contributed by atoms with van der Waals surface area (Å²) in [5.74, 6) is 0.255. The molecule has 0 spiro atoms. The van der Waals surface area contributed by atoms with Crippen molar-refractivity contribution < 1.29 is 14.3 Å². The summed E-state index contributed by atoms with van der Waals surface area (Å²) in [6, 6.07) is 0. The lowest BCUT2D eigenvalue weighted by Crippen LogP contribution is -2.01. The molecule has 3 nitrogen and oxygen atoms in total. The van der Waals surface area contributed by atoms with E-state index in [1.54, 1.807) is 6.08 Å². The van der Waals surface area contributed by atoms with E-state index in [9.17, 15) is 4.79 Å². The van der Waals surface area contributed by atoms with Crippen molar-refractivity contribution in [2.75, 3.05) is 13.2 Å². The average molecular weight is 224 g/mol. The van der Waals surface area contributed by atoms with Gasteiger partial charge in [0, 0.05) is 6.08 Å². The molecule has 0 heterocycles. The van der Waals surface area contributed by atoms with Gasteiger partial charge in [-0.1, -0.05) is 19.7 Å². The van der Waals surface area contributed by atoms with E-state index < -0.39 is 0 Å². The minimum Gasteiger partial charge on any atom is -0.494 e. The number of ether oxygens (including phenoxy) is 2. The number of unbranched alkanes of at least 4 members (excludes halogenated alkanes) is 3. The number of hydrogen-bond acceptors (Lipinski definition) is 3. The highest BCUT2D eigenvalue weighted by molar-refractivity contribution is 5.81. The normalized spacial score (nSPS) is 9.25. The molecule has 3 heteroatoms. The Morgan fingerprint density at radius 2 is 1.50 bits per heavy atom. The van der Waals surface area contributed by atoms with Crippen LogP contribution in [0.5, 0.6) is 0 Å². The summed E-state index contributed by atoms with van der Waals surface area (Å²) in [6.45, 7) is 11.6. The third-order valence-corrected chi connectivity index (χ3v) is 1.96. The summed E-state index contributed by atoms with van der Waals surface area (Å²) in [4.78, 5) is 10.7. The highest BCUT2D eigenvalue weighted by Gasteiger charge is 1.95. The second-order valence-corrected chi connectivity index (χ2v) is 3.30. The van der Waals surface area contributed by atoms with E-state index in [4.69, 9.17) is 9.47 Å². The Balaban J connectivity index is 3.15. The predicted molar refractivity (Wildman–Crippen MR) is 64.9 cm³/mol. The van der Waals surface area contributed by atoms with Gasteiger partial charge in [-0.15, -0.1) is 0 Å². The Morgan fingerprint density at radius 3 is 2.00 bits per heavy atom. The molecule has 0 aliphatic carbocycles. The molecule has 0 N–H and O–H groups in total. The topological polar surface area (TPSA) is 35.5 Å². The van der Waals surface area contributed by atoms with Crippen molar-refractivity contribution >= 4 is 5.97 Å². The second kappa shape index (κ2) is 10.0. The summed E-state index contributed by atoms with van der Waals surface area (Å²) < 4.78 is 10.1. The van der Waals surface area contributed by atoms with Crippen molar-refractivity contribution in [3.05, 3.63) is 37.6 Å². The van der Waals surface area contributed by atoms with Gasteiger partial charge in [0.1, 0.15) is 5.76 Å². The lowest BCUT2D eigenvalue weighted by atomic mass is 10.2. The molecule has 16 heavy (non-hydrogen) atoms. The number of esters is 1. The predicted octanol–water partition coefficient (Wildman–Crippen LogP) is 2.99. The first-order chi connectivity index (χ1) is 7.70. The maximum atomic E-state index is 10.7. The molecule has 0 bridgehead atoms. The minimum atomic E-state index is -0.356. The monoisotopic (exact) mass is 224 g/mol. The second-order valence-electron chi connectivity index (χ2n) is 3.30. The smallest absolute Gasteiger partial charge is 0.330 e.